The Bertz CT molecular complexity index is 1190. The highest BCUT2D eigenvalue weighted by atomic mass is 16.5. The highest BCUT2D eigenvalue weighted by molar-refractivity contribution is 6.01. The number of amides is 1. The van der Waals surface area contributed by atoms with Gasteiger partial charge in [-0.3, -0.25) is 4.79 Å². The normalized spacial score (nSPS) is 10.5. The first kappa shape index (κ1) is 22.2. The number of nitrogens with one attached hydrogen (secondary N) is 1. The lowest BCUT2D eigenvalue weighted by Crippen LogP contribution is -2.26. The topological polar surface area (TPSA) is 47.6 Å². The van der Waals surface area contributed by atoms with Crippen LogP contribution in [-0.4, -0.2) is 19.6 Å². The Morgan fingerprint density at radius 2 is 1.48 bits per heavy atom. The minimum absolute atomic E-state index is 0.131. The summed E-state index contributed by atoms with van der Waals surface area (Å²) in [6, 6.07) is 33.5. The number of ether oxygens (including phenoxy) is 2. The molecule has 1 amide bonds. The zero-order chi connectivity index (χ0) is 22.9. The average molecular weight is 438 g/mol. The number of hydrogen-bond donors (Lipinski definition) is 1. The van der Waals surface area contributed by atoms with Crippen molar-refractivity contribution in [1.29, 1.82) is 0 Å². The smallest absolute Gasteiger partial charge is 0.252 e. The molecule has 0 aromatic heterocycles. The second-order valence-electron chi connectivity index (χ2n) is 7.71. The van der Waals surface area contributed by atoms with Gasteiger partial charge in [-0.05, 0) is 59.0 Å². The molecule has 1 N–H and O–H groups in total. The van der Waals surface area contributed by atoms with Crippen LogP contribution >= 0.6 is 0 Å². The van der Waals surface area contributed by atoms with Crippen molar-refractivity contribution in [3.05, 3.63) is 120 Å². The molecule has 0 fully saturated rings. The molecule has 166 valence electrons. The van der Waals surface area contributed by atoms with Crippen molar-refractivity contribution in [2.45, 2.75) is 13.0 Å². The largest absolute Gasteiger partial charge is 0.497 e. The van der Waals surface area contributed by atoms with Crippen LogP contribution in [0.5, 0.6) is 11.5 Å². The molecule has 0 saturated carbocycles. The van der Waals surface area contributed by atoms with E-state index in [9.17, 15) is 4.79 Å². The van der Waals surface area contributed by atoms with E-state index >= 15 is 0 Å². The SMILES string of the molecule is COc1cccc(-c2ccc(OCc3ccccc3)cc2C(=O)NCCc2ccccc2)c1. The van der Waals surface area contributed by atoms with E-state index < -0.39 is 0 Å². The lowest BCUT2D eigenvalue weighted by molar-refractivity contribution is 0.0954. The number of carbonyl (C=O) groups is 1. The van der Waals surface area contributed by atoms with Crippen molar-refractivity contribution < 1.29 is 14.3 Å². The van der Waals surface area contributed by atoms with Crippen LogP contribution in [0.3, 0.4) is 0 Å². The van der Waals surface area contributed by atoms with E-state index in [2.05, 4.69) is 17.4 Å². The molecular formula is C29H27NO3. The third-order valence-electron chi connectivity index (χ3n) is 5.41. The standard InChI is InChI=1S/C29H27NO3/c1-32-25-14-8-13-24(19-25)27-16-15-26(33-21-23-11-6-3-7-12-23)20-28(27)29(31)30-18-17-22-9-4-2-5-10-22/h2-16,19-20H,17-18,21H2,1H3,(H,30,31). The average Bonchev–Trinajstić information content (AvgIpc) is 2.88. The third-order valence-corrected chi connectivity index (χ3v) is 5.41. The second-order valence-corrected chi connectivity index (χ2v) is 7.71. The number of methoxy groups -OCH3 is 1. The first-order valence-electron chi connectivity index (χ1n) is 11.0. The van der Waals surface area contributed by atoms with Gasteiger partial charge >= 0.3 is 0 Å². The molecule has 0 heterocycles. The van der Waals surface area contributed by atoms with E-state index in [1.54, 1.807) is 7.11 Å². The first-order chi connectivity index (χ1) is 16.2. The maximum atomic E-state index is 13.2. The third kappa shape index (κ3) is 6.01. The van der Waals surface area contributed by atoms with Gasteiger partial charge in [-0.1, -0.05) is 72.8 Å². The predicted molar refractivity (Wildman–Crippen MR) is 132 cm³/mol. The number of carbonyl (C=O) groups excluding carboxylic acids is 1. The molecule has 4 nitrogen and oxygen atoms in total. The van der Waals surface area contributed by atoms with Crippen LogP contribution in [0.25, 0.3) is 11.1 Å². The predicted octanol–water partition coefficient (Wildman–Crippen LogP) is 5.91. The van der Waals surface area contributed by atoms with Gasteiger partial charge in [0.1, 0.15) is 18.1 Å². The van der Waals surface area contributed by atoms with E-state index in [-0.39, 0.29) is 5.91 Å². The molecule has 0 bridgehead atoms. The summed E-state index contributed by atoms with van der Waals surface area (Å²) in [5.41, 5.74) is 4.58. The molecule has 4 heteroatoms. The summed E-state index contributed by atoms with van der Waals surface area (Å²) >= 11 is 0. The molecule has 0 atom stereocenters. The van der Waals surface area contributed by atoms with E-state index in [0.717, 1.165) is 28.9 Å². The lowest BCUT2D eigenvalue weighted by Gasteiger charge is -2.14. The monoisotopic (exact) mass is 437 g/mol. The second kappa shape index (κ2) is 11.0. The molecule has 0 spiro atoms. The lowest BCUT2D eigenvalue weighted by atomic mass is 9.98. The highest BCUT2D eigenvalue weighted by Crippen LogP contribution is 2.30. The summed E-state index contributed by atoms with van der Waals surface area (Å²) < 4.78 is 11.4. The van der Waals surface area contributed by atoms with Gasteiger partial charge in [-0.2, -0.15) is 0 Å². The van der Waals surface area contributed by atoms with Crippen LogP contribution in [0.4, 0.5) is 0 Å². The number of hydrogen-bond acceptors (Lipinski definition) is 3. The fourth-order valence-electron chi connectivity index (χ4n) is 3.64. The molecule has 0 aliphatic heterocycles. The Hall–Kier alpha value is -4.05. The van der Waals surface area contributed by atoms with Crippen molar-refractivity contribution >= 4 is 5.91 Å². The molecule has 0 saturated heterocycles. The van der Waals surface area contributed by atoms with Crippen molar-refractivity contribution in [1.82, 2.24) is 5.32 Å². The van der Waals surface area contributed by atoms with Gasteiger partial charge in [-0.15, -0.1) is 0 Å². The maximum absolute atomic E-state index is 13.2. The molecule has 4 aromatic carbocycles. The van der Waals surface area contributed by atoms with Gasteiger partial charge < -0.3 is 14.8 Å². The quantitative estimate of drug-likeness (QED) is 0.354. The van der Waals surface area contributed by atoms with Crippen molar-refractivity contribution in [3.63, 3.8) is 0 Å². The van der Waals surface area contributed by atoms with E-state index in [4.69, 9.17) is 9.47 Å². The number of benzene rings is 4. The Morgan fingerprint density at radius 3 is 2.21 bits per heavy atom. The van der Waals surface area contributed by atoms with Crippen LogP contribution in [0, 0.1) is 0 Å². The van der Waals surface area contributed by atoms with Crippen LogP contribution < -0.4 is 14.8 Å². The first-order valence-corrected chi connectivity index (χ1v) is 11.0. The fraction of sp³-hybridized carbons (Fsp3) is 0.138. The Labute approximate surface area is 194 Å². The van der Waals surface area contributed by atoms with E-state index in [1.807, 2.05) is 91.0 Å². The number of rotatable bonds is 9. The van der Waals surface area contributed by atoms with Gasteiger partial charge in [0.25, 0.3) is 5.91 Å². The zero-order valence-electron chi connectivity index (χ0n) is 18.7. The molecule has 0 unspecified atom stereocenters. The summed E-state index contributed by atoms with van der Waals surface area (Å²) in [7, 11) is 1.64. The summed E-state index contributed by atoms with van der Waals surface area (Å²) in [5, 5.41) is 3.06. The fourth-order valence-corrected chi connectivity index (χ4v) is 3.64. The van der Waals surface area contributed by atoms with Crippen LogP contribution in [0.2, 0.25) is 0 Å². The van der Waals surface area contributed by atoms with Gasteiger partial charge in [0.15, 0.2) is 0 Å². The van der Waals surface area contributed by atoms with Gasteiger partial charge in [0, 0.05) is 6.54 Å². The maximum Gasteiger partial charge on any atom is 0.252 e. The van der Waals surface area contributed by atoms with Crippen LogP contribution in [0.15, 0.2) is 103 Å². The molecule has 33 heavy (non-hydrogen) atoms. The van der Waals surface area contributed by atoms with E-state index in [0.29, 0.717) is 24.5 Å². The molecule has 0 aliphatic carbocycles. The van der Waals surface area contributed by atoms with Crippen molar-refractivity contribution in [2.75, 3.05) is 13.7 Å². The van der Waals surface area contributed by atoms with Crippen molar-refractivity contribution in [3.8, 4) is 22.6 Å². The van der Waals surface area contributed by atoms with Crippen LogP contribution in [0.1, 0.15) is 21.5 Å². The van der Waals surface area contributed by atoms with E-state index in [1.165, 1.54) is 5.56 Å². The minimum atomic E-state index is -0.131. The summed E-state index contributed by atoms with van der Waals surface area (Å²) in [6.45, 7) is 0.990. The Kier molecular flexibility index (Phi) is 7.39. The molecule has 4 aromatic rings. The zero-order valence-corrected chi connectivity index (χ0v) is 18.7. The molecular weight excluding hydrogens is 410 g/mol. The molecule has 0 aliphatic rings. The Balaban J connectivity index is 1.56. The van der Waals surface area contributed by atoms with Gasteiger partial charge in [-0.25, -0.2) is 0 Å². The molecule has 4 rings (SSSR count). The van der Waals surface area contributed by atoms with Gasteiger partial charge in [0.05, 0.1) is 12.7 Å². The van der Waals surface area contributed by atoms with Crippen molar-refractivity contribution in [2.24, 2.45) is 0 Å². The van der Waals surface area contributed by atoms with Gasteiger partial charge in [0.2, 0.25) is 0 Å². The molecule has 0 radical (unpaired) electrons. The van der Waals surface area contributed by atoms with Crippen LogP contribution in [-0.2, 0) is 13.0 Å². The highest BCUT2D eigenvalue weighted by Gasteiger charge is 2.15. The summed E-state index contributed by atoms with van der Waals surface area (Å²) in [4.78, 5) is 13.2. The minimum Gasteiger partial charge on any atom is -0.497 e. The summed E-state index contributed by atoms with van der Waals surface area (Å²) in [6.07, 6.45) is 0.769. The summed E-state index contributed by atoms with van der Waals surface area (Å²) in [5.74, 6) is 1.26. The Morgan fingerprint density at radius 1 is 0.758 bits per heavy atom.